The van der Waals surface area contributed by atoms with Crippen LogP contribution in [-0.4, -0.2) is 6.29 Å². The standard InChI is InChI=1S/C7H13O/c1-7(2)5-3-4-6-8/h6-7H,1,3-5H2,2H3. The summed E-state index contributed by atoms with van der Waals surface area (Å²) in [6.45, 7) is 5.85. The summed E-state index contributed by atoms with van der Waals surface area (Å²) in [5, 5.41) is 0. The Morgan fingerprint density at radius 1 is 1.75 bits per heavy atom. The molecule has 0 aliphatic heterocycles. The van der Waals surface area contributed by atoms with Gasteiger partial charge in [-0.1, -0.05) is 20.3 Å². The second-order valence-corrected chi connectivity index (χ2v) is 2.20. The van der Waals surface area contributed by atoms with Gasteiger partial charge in [-0.3, -0.25) is 0 Å². The van der Waals surface area contributed by atoms with Crippen molar-refractivity contribution in [2.75, 3.05) is 0 Å². The van der Waals surface area contributed by atoms with Gasteiger partial charge in [0.15, 0.2) is 0 Å². The smallest absolute Gasteiger partial charge is 0.119 e. The van der Waals surface area contributed by atoms with E-state index >= 15 is 0 Å². The van der Waals surface area contributed by atoms with Gasteiger partial charge in [0, 0.05) is 6.42 Å². The van der Waals surface area contributed by atoms with E-state index < -0.39 is 0 Å². The zero-order chi connectivity index (χ0) is 6.41. The Morgan fingerprint density at radius 2 is 2.38 bits per heavy atom. The molecule has 1 radical (unpaired) electrons. The molecule has 0 aliphatic rings. The van der Waals surface area contributed by atoms with E-state index in [1.165, 1.54) is 0 Å². The first-order valence-corrected chi connectivity index (χ1v) is 3.04. The van der Waals surface area contributed by atoms with Gasteiger partial charge in [-0.2, -0.15) is 0 Å². The van der Waals surface area contributed by atoms with Crippen molar-refractivity contribution in [3.05, 3.63) is 6.92 Å². The lowest BCUT2D eigenvalue weighted by atomic mass is 10.1. The summed E-state index contributed by atoms with van der Waals surface area (Å²) in [4.78, 5) is 9.77. The first-order valence-electron chi connectivity index (χ1n) is 3.04. The highest BCUT2D eigenvalue weighted by Gasteiger charge is 1.90. The van der Waals surface area contributed by atoms with E-state index in [4.69, 9.17) is 0 Å². The second kappa shape index (κ2) is 4.82. The lowest BCUT2D eigenvalue weighted by Crippen LogP contribution is -1.86. The third-order valence-electron chi connectivity index (χ3n) is 1.02. The molecule has 0 aromatic carbocycles. The molecule has 1 heteroatoms. The Hall–Kier alpha value is -0.330. The molecule has 8 heavy (non-hydrogen) atoms. The van der Waals surface area contributed by atoms with E-state index in [1.807, 2.05) is 0 Å². The first-order chi connectivity index (χ1) is 3.77. The summed E-state index contributed by atoms with van der Waals surface area (Å²) in [5.74, 6) is 0.495. The molecule has 1 atom stereocenters. The van der Waals surface area contributed by atoms with E-state index in [0.717, 1.165) is 19.1 Å². The molecule has 0 bridgehead atoms. The van der Waals surface area contributed by atoms with Crippen molar-refractivity contribution in [1.82, 2.24) is 0 Å². The van der Waals surface area contributed by atoms with Gasteiger partial charge in [-0.25, -0.2) is 0 Å². The van der Waals surface area contributed by atoms with E-state index in [9.17, 15) is 4.79 Å². The molecular weight excluding hydrogens is 100 g/mol. The number of aldehydes is 1. The van der Waals surface area contributed by atoms with Gasteiger partial charge in [0.1, 0.15) is 6.29 Å². The first kappa shape index (κ1) is 7.67. The average molecular weight is 113 g/mol. The molecule has 0 spiro atoms. The Bertz CT molecular complexity index is 57.4. The summed E-state index contributed by atoms with van der Waals surface area (Å²) in [5.41, 5.74) is 0. The van der Waals surface area contributed by atoms with Crippen LogP contribution in [0.1, 0.15) is 26.2 Å². The van der Waals surface area contributed by atoms with Crippen molar-refractivity contribution >= 4 is 6.29 Å². The number of carbonyl (C=O) groups is 1. The number of hydrogen-bond donors (Lipinski definition) is 0. The van der Waals surface area contributed by atoms with E-state index in [2.05, 4.69) is 13.8 Å². The van der Waals surface area contributed by atoms with Crippen LogP contribution in [-0.2, 0) is 4.79 Å². The van der Waals surface area contributed by atoms with Crippen LogP contribution in [0.15, 0.2) is 0 Å². The predicted molar refractivity (Wildman–Crippen MR) is 34.4 cm³/mol. The Labute approximate surface area is 51.1 Å². The van der Waals surface area contributed by atoms with Gasteiger partial charge in [0.25, 0.3) is 0 Å². The lowest BCUT2D eigenvalue weighted by Gasteiger charge is -1.98. The number of carbonyl (C=O) groups excluding carboxylic acids is 1. The van der Waals surface area contributed by atoms with Gasteiger partial charge >= 0.3 is 0 Å². The fraction of sp³-hybridized carbons (Fsp3) is 0.714. The maximum absolute atomic E-state index is 9.77. The molecule has 0 saturated heterocycles. The average Bonchev–Trinajstić information content (AvgIpc) is 1.66. The maximum atomic E-state index is 9.77. The van der Waals surface area contributed by atoms with Crippen LogP contribution >= 0.6 is 0 Å². The molecule has 0 amide bonds. The maximum Gasteiger partial charge on any atom is 0.119 e. The number of unbranched alkanes of at least 4 members (excludes halogenated alkanes) is 1. The summed E-state index contributed by atoms with van der Waals surface area (Å²) in [7, 11) is 0. The SMILES string of the molecule is [CH2]C(C)CCCC=O. The van der Waals surface area contributed by atoms with Crippen molar-refractivity contribution in [3.8, 4) is 0 Å². The van der Waals surface area contributed by atoms with Crippen molar-refractivity contribution in [2.45, 2.75) is 26.2 Å². The fourth-order valence-corrected chi connectivity index (χ4v) is 0.550. The summed E-state index contributed by atoms with van der Waals surface area (Å²) in [6.07, 6.45) is 3.72. The zero-order valence-electron chi connectivity index (χ0n) is 5.39. The molecule has 0 rings (SSSR count). The largest absolute Gasteiger partial charge is 0.303 e. The second-order valence-electron chi connectivity index (χ2n) is 2.20. The van der Waals surface area contributed by atoms with Crippen LogP contribution in [0.4, 0.5) is 0 Å². The quantitative estimate of drug-likeness (QED) is 0.401. The molecule has 0 N–H and O–H groups in total. The summed E-state index contributed by atoms with van der Waals surface area (Å²) < 4.78 is 0. The van der Waals surface area contributed by atoms with E-state index in [1.54, 1.807) is 0 Å². The van der Waals surface area contributed by atoms with Crippen LogP contribution in [0.2, 0.25) is 0 Å². The number of hydrogen-bond acceptors (Lipinski definition) is 1. The highest BCUT2D eigenvalue weighted by atomic mass is 16.1. The molecule has 47 valence electrons. The van der Waals surface area contributed by atoms with Gasteiger partial charge in [-0.05, 0) is 12.3 Å². The minimum absolute atomic E-state index is 0.495. The zero-order valence-corrected chi connectivity index (χ0v) is 5.39. The van der Waals surface area contributed by atoms with Crippen molar-refractivity contribution in [1.29, 1.82) is 0 Å². The third-order valence-corrected chi connectivity index (χ3v) is 1.02. The van der Waals surface area contributed by atoms with Gasteiger partial charge < -0.3 is 4.79 Å². The number of rotatable bonds is 4. The topological polar surface area (TPSA) is 17.1 Å². The highest BCUT2D eigenvalue weighted by molar-refractivity contribution is 5.48. The van der Waals surface area contributed by atoms with Gasteiger partial charge in [0.2, 0.25) is 0 Å². The molecule has 0 aromatic rings. The molecule has 0 aromatic heterocycles. The molecule has 0 heterocycles. The monoisotopic (exact) mass is 113 g/mol. The molecule has 0 saturated carbocycles. The van der Waals surface area contributed by atoms with Crippen LogP contribution in [0.3, 0.4) is 0 Å². The van der Waals surface area contributed by atoms with Crippen molar-refractivity contribution in [3.63, 3.8) is 0 Å². The Balaban J connectivity index is 2.81. The van der Waals surface area contributed by atoms with Crippen LogP contribution < -0.4 is 0 Å². The fourth-order valence-electron chi connectivity index (χ4n) is 0.550. The van der Waals surface area contributed by atoms with Crippen molar-refractivity contribution < 1.29 is 4.79 Å². The van der Waals surface area contributed by atoms with E-state index in [0.29, 0.717) is 12.3 Å². The summed E-state index contributed by atoms with van der Waals surface area (Å²) >= 11 is 0. The molecule has 0 fully saturated rings. The Morgan fingerprint density at radius 3 is 2.75 bits per heavy atom. The highest BCUT2D eigenvalue weighted by Crippen LogP contribution is 2.03. The minimum Gasteiger partial charge on any atom is -0.303 e. The van der Waals surface area contributed by atoms with Gasteiger partial charge in [-0.15, -0.1) is 0 Å². The molecule has 0 aliphatic carbocycles. The minimum atomic E-state index is 0.495. The molecule has 1 nitrogen and oxygen atoms in total. The molecular formula is C7H13O. The van der Waals surface area contributed by atoms with Crippen LogP contribution in [0.25, 0.3) is 0 Å². The lowest BCUT2D eigenvalue weighted by molar-refractivity contribution is -0.107. The summed E-state index contributed by atoms with van der Waals surface area (Å²) in [6, 6.07) is 0. The van der Waals surface area contributed by atoms with Gasteiger partial charge in [0.05, 0.1) is 0 Å². The van der Waals surface area contributed by atoms with Crippen LogP contribution in [0.5, 0.6) is 0 Å². The molecule has 1 unspecified atom stereocenters. The Kier molecular flexibility index (Phi) is 4.62. The normalized spacial score (nSPS) is 9.88. The third kappa shape index (κ3) is 5.67. The van der Waals surface area contributed by atoms with Crippen LogP contribution in [0, 0.1) is 12.8 Å². The van der Waals surface area contributed by atoms with Crippen molar-refractivity contribution in [2.24, 2.45) is 5.92 Å². The van der Waals surface area contributed by atoms with E-state index in [-0.39, 0.29) is 0 Å². The predicted octanol–water partition coefficient (Wildman–Crippen LogP) is 1.83.